The summed E-state index contributed by atoms with van der Waals surface area (Å²) in [6, 6.07) is 13.2. The van der Waals surface area contributed by atoms with Crippen molar-refractivity contribution in [3.05, 3.63) is 91.4 Å². The number of rotatable bonds is 2. The van der Waals surface area contributed by atoms with E-state index in [1.807, 2.05) is 0 Å². The number of nitrogens with two attached hydrogens (primary N) is 1. The highest BCUT2D eigenvalue weighted by molar-refractivity contribution is 9.10. The normalized spacial score (nSPS) is 12.4. The summed E-state index contributed by atoms with van der Waals surface area (Å²) in [5, 5.41) is 3.03. The number of nitrogen functional groups attached to an aromatic ring is 1. The second-order valence-electron chi connectivity index (χ2n) is 6.66. The Balaban J connectivity index is 1.89. The lowest BCUT2D eigenvalue weighted by molar-refractivity contribution is 0.0979. The molecular weight excluding hydrogens is 456 g/mol. The Labute approximate surface area is 180 Å². The number of fused-ring (bicyclic) bond motifs is 2. The van der Waals surface area contributed by atoms with Gasteiger partial charge in [-0.15, -0.1) is 0 Å². The van der Waals surface area contributed by atoms with Gasteiger partial charge in [-0.05, 0) is 40.5 Å². The minimum Gasteiger partial charge on any atom is -0.397 e. The van der Waals surface area contributed by atoms with E-state index in [1.165, 1.54) is 6.07 Å². The number of halogens is 2. The van der Waals surface area contributed by atoms with E-state index in [4.69, 9.17) is 17.3 Å². The number of aryl methyl sites for hydroxylation is 1. The smallest absolute Gasteiger partial charge is 0.257 e. The van der Waals surface area contributed by atoms with Crippen molar-refractivity contribution >= 4 is 56.4 Å². The second kappa shape index (κ2) is 7.13. The number of ketones is 2. The number of benzene rings is 3. The molecule has 3 N–H and O–H groups in total. The largest absolute Gasteiger partial charge is 0.397 e. The molecule has 3 aromatic carbocycles. The molecule has 4 rings (SSSR count). The molecule has 1 aliphatic rings. The van der Waals surface area contributed by atoms with Crippen LogP contribution in [0.25, 0.3) is 0 Å². The van der Waals surface area contributed by atoms with Crippen LogP contribution in [-0.2, 0) is 0 Å². The van der Waals surface area contributed by atoms with Gasteiger partial charge in [0.05, 0.1) is 33.1 Å². The zero-order valence-electron chi connectivity index (χ0n) is 15.2. The average Bonchev–Trinajstić information content (AvgIpc) is 2.68. The highest BCUT2D eigenvalue weighted by Crippen LogP contribution is 2.39. The Morgan fingerprint density at radius 1 is 1.00 bits per heavy atom. The van der Waals surface area contributed by atoms with E-state index in [-0.39, 0.29) is 45.2 Å². The molecule has 144 valence electrons. The van der Waals surface area contributed by atoms with Crippen molar-refractivity contribution < 1.29 is 14.4 Å². The standard InChI is InChI=1S/C22H14BrClN2O3/c1-10-5-4-8-14(24)16(10)22(29)26-15-9-13(23)19(25)18-17(15)20(27)11-6-2-3-7-12(11)21(18)28/h2-9H,25H2,1H3,(H,26,29). The quantitative estimate of drug-likeness (QED) is 0.403. The zero-order chi connectivity index (χ0) is 20.9. The minimum atomic E-state index is -0.480. The number of hydrogen-bond donors (Lipinski definition) is 2. The molecule has 0 saturated carbocycles. The molecule has 29 heavy (non-hydrogen) atoms. The third-order valence-corrected chi connectivity index (χ3v) is 5.86. The van der Waals surface area contributed by atoms with Crippen LogP contribution in [0.4, 0.5) is 11.4 Å². The summed E-state index contributed by atoms with van der Waals surface area (Å²) >= 11 is 9.52. The molecule has 0 atom stereocenters. The molecule has 3 aromatic rings. The van der Waals surface area contributed by atoms with Crippen LogP contribution in [0, 0.1) is 6.92 Å². The van der Waals surface area contributed by atoms with Crippen molar-refractivity contribution in [2.24, 2.45) is 0 Å². The van der Waals surface area contributed by atoms with E-state index >= 15 is 0 Å². The molecule has 5 nitrogen and oxygen atoms in total. The summed E-state index contributed by atoms with van der Waals surface area (Å²) < 4.78 is 0.406. The van der Waals surface area contributed by atoms with Crippen molar-refractivity contribution in [1.82, 2.24) is 0 Å². The summed E-state index contributed by atoms with van der Waals surface area (Å²) in [4.78, 5) is 39.2. The van der Waals surface area contributed by atoms with Crippen molar-refractivity contribution in [2.75, 3.05) is 11.1 Å². The summed E-state index contributed by atoms with van der Waals surface area (Å²) in [7, 11) is 0. The van der Waals surface area contributed by atoms with Gasteiger partial charge in [-0.25, -0.2) is 0 Å². The Kier molecular flexibility index (Phi) is 4.76. The fraction of sp³-hybridized carbons (Fsp3) is 0.0455. The molecule has 0 saturated heterocycles. The Bertz CT molecular complexity index is 1220. The van der Waals surface area contributed by atoms with Crippen LogP contribution in [0.3, 0.4) is 0 Å². The SMILES string of the molecule is Cc1cccc(Cl)c1C(=O)Nc1cc(Br)c(N)c2c1C(=O)c1ccccc1C2=O. The van der Waals surface area contributed by atoms with Gasteiger partial charge in [0.2, 0.25) is 0 Å². The van der Waals surface area contributed by atoms with E-state index in [0.717, 1.165) is 0 Å². The lowest BCUT2D eigenvalue weighted by Gasteiger charge is -2.23. The molecule has 7 heteroatoms. The molecule has 1 amide bonds. The first kappa shape index (κ1) is 19.4. The third-order valence-electron chi connectivity index (χ3n) is 4.88. The predicted octanol–water partition coefficient (Wildman–Crippen LogP) is 5.02. The maximum atomic E-state index is 13.2. The molecule has 0 spiro atoms. The lowest BCUT2D eigenvalue weighted by Crippen LogP contribution is -2.25. The monoisotopic (exact) mass is 468 g/mol. The number of amides is 1. The van der Waals surface area contributed by atoms with Gasteiger partial charge in [0.25, 0.3) is 5.91 Å². The molecule has 0 aromatic heterocycles. The molecule has 0 unspecified atom stereocenters. The molecule has 0 heterocycles. The number of anilines is 2. The number of hydrogen-bond acceptors (Lipinski definition) is 4. The summed E-state index contributed by atoms with van der Waals surface area (Å²) in [5.41, 5.74) is 8.16. The van der Waals surface area contributed by atoms with Crippen molar-refractivity contribution in [2.45, 2.75) is 6.92 Å². The van der Waals surface area contributed by atoms with Gasteiger partial charge in [-0.1, -0.05) is 48.0 Å². The predicted molar refractivity (Wildman–Crippen MR) is 116 cm³/mol. The summed E-state index contributed by atoms with van der Waals surface area (Å²) in [6.07, 6.45) is 0. The fourth-order valence-corrected chi connectivity index (χ4v) is 4.22. The molecule has 0 aliphatic heterocycles. The van der Waals surface area contributed by atoms with Crippen molar-refractivity contribution in [3.8, 4) is 0 Å². The second-order valence-corrected chi connectivity index (χ2v) is 7.92. The van der Waals surface area contributed by atoms with Gasteiger partial charge in [0, 0.05) is 15.6 Å². The van der Waals surface area contributed by atoms with Gasteiger partial charge in [0.1, 0.15) is 0 Å². The maximum Gasteiger partial charge on any atom is 0.257 e. The van der Waals surface area contributed by atoms with E-state index in [2.05, 4.69) is 21.2 Å². The summed E-state index contributed by atoms with van der Waals surface area (Å²) in [6.45, 7) is 1.76. The third kappa shape index (κ3) is 3.05. The average molecular weight is 470 g/mol. The van der Waals surface area contributed by atoms with Crippen LogP contribution in [0.5, 0.6) is 0 Å². The molecule has 1 aliphatic carbocycles. The molecule has 0 fully saturated rings. The first-order chi connectivity index (χ1) is 13.8. The van der Waals surface area contributed by atoms with Crippen LogP contribution >= 0.6 is 27.5 Å². The van der Waals surface area contributed by atoms with Crippen molar-refractivity contribution in [3.63, 3.8) is 0 Å². The molecular formula is C22H14BrClN2O3. The van der Waals surface area contributed by atoms with Crippen LogP contribution in [0.1, 0.15) is 47.8 Å². The number of carbonyl (C=O) groups is 3. The van der Waals surface area contributed by atoms with Crippen molar-refractivity contribution in [1.29, 1.82) is 0 Å². The van der Waals surface area contributed by atoms with Gasteiger partial charge < -0.3 is 11.1 Å². The first-order valence-electron chi connectivity index (χ1n) is 8.68. The number of carbonyl (C=O) groups excluding carboxylic acids is 3. The zero-order valence-corrected chi connectivity index (χ0v) is 17.5. The van der Waals surface area contributed by atoms with E-state index in [1.54, 1.807) is 49.4 Å². The van der Waals surface area contributed by atoms with E-state index in [9.17, 15) is 14.4 Å². The molecule has 0 radical (unpaired) electrons. The van der Waals surface area contributed by atoms with E-state index in [0.29, 0.717) is 20.6 Å². The highest BCUT2D eigenvalue weighted by Gasteiger charge is 2.35. The first-order valence-corrected chi connectivity index (χ1v) is 9.85. The van der Waals surface area contributed by atoms with Gasteiger partial charge in [-0.2, -0.15) is 0 Å². The molecule has 0 bridgehead atoms. The maximum absolute atomic E-state index is 13.2. The Morgan fingerprint density at radius 3 is 2.24 bits per heavy atom. The Hall–Kier alpha value is -2.96. The van der Waals surface area contributed by atoms with Crippen LogP contribution in [0.2, 0.25) is 5.02 Å². The van der Waals surface area contributed by atoms with Gasteiger partial charge in [-0.3, -0.25) is 14.4 Å². The fourth-order valence-electron chi connectivity index (χ4n) is 3.49. The minimum absolute atomic E-state index is 0.0763. The topological polar surface area (TPSA) is 89.3 Å². The van der Waals surface area contributed by atoms with Crippen LogP contribution in [0.15, 0.2) is 53.0 Å². The highest BCUT2D eigenvalue weighted by atomic mass is 79.9. The van der Waals surface area contributed by atoms with Crippen LogP contribution < -0.4 is 11.1 Å². The Morgan fingerprint density at radius 2 is 1.62 bits per heavy atom. The summed E-state index contributed by atoms with van der Waals surface area (Å²) in [5.74, 6) is -1.22. The number of nitrogens with one attached hydrogen (secondary N) is 1. The lowest BCUT2D eigenvalue weighted by atomic mass is 9.82. The van der Waals surface area contributed by atoms with Gasteiger partial charge in [0.15, 0.2) is 11.6 Å². The van der Waals surface area contributed by atoms with Gasteiger partial charge >= 0.3 is 0 Å². The van der Waals surface area contributed by atoms with E-state index < -0.39 is 5.91 Å². The van der Waals surface area contributed by atoms with Crippen LogP contribution in [-0.4, -0.2) is 17.5 Å².